The second-order valence-corrected chi connectivity index (χ2v) is 6.42. The lowest BCUT2D eigenvalue weighted by atomic mass is 10.1. The van der Waals surface area contributed by atoms with Crippen LogP contribution in [0.5, 0.6) is 0 Å². The van der Waals surface area contributed by atoms with Crippen molar-refractivity contribution >= 4 is 23.6 Å². The highest BCUT2D eigenvalue weighted by Gasteiger charge is 2.34. The van der Waals surface area contributed by atoms with Crippen LogP contribution in [0.3, 0.4) is 0 Å². The standard InChI is InChI=1S/C13H22N2O3S/c1-10(13(18)14-4-2-3-5-14)15-6-7-19-9-11(15)8-12(16)17/h10-11H,2-9H2,1H3,(H,16,17). The van der Waals surface area contributed by atoms with E-state index < -0.39 is 5.97 Å². The number of amides is 1. The molecule has 6 heteroatoms. The first kappa shape index (κ1) is 14.7. The van der Waals surface area contributed by atoms with E-state index in [0.29, 0.717) is 0 Å². The summed E-state index contributed by atoms with van der Waals surface area (Å²) < 4.78 is 0. The van der Waals surface area contributed by atoms with Gasteiger partial charge in [-0.05, 0) is 19.8 Å². The summed E-state index contributed by atoms with van der Waals surface area (Å²) in [6, 6.07) is -0.207. The molecule has 0 bridgehead atoms. The summed E-state index contributed by atoms with van der Waals surface area (Å²) in [4.78, 5) is 27.3. The van der Waals surface area contributed by atoms with Gasteiger partial charge in [-0.3, -0.25) is 14.5 Å². The number of nitrogens with zero attached hydrogens (tertiary/aromatic N) is 2. The molecule has 2 unspecified atom stereocenters. The van der Waals surface area contributed by atoms with Crippen molar-refractivity contribution in [1.29, 1.82) is 0 Å². The van der Waals surface area contributed by atoms with Gasteiger partial charge in [0.25, 0.3) is 0 Å². The monoisotopic (exact) mass is 286 g/mol. The topological polar surface area (TPSA) is 60.9 Å². The first-order chi connectivity index (χ1) is 9.09. The maximum atomic E-state index is 12.4. The van der Waals surface area contributed by atoms with Crippen molar-refractivity contribution < 1.29 is 14.7 Å². The van der Waals surface area contributed by atoms with Crippen molar-refractivity contribution in [3.63, 3.8) is 0 Å². The quantitative estimate of drug-likeness (QED) is 0.831. The van der Waals surface area contributed by atoms with Crippen molar-refractivity contribution in [2.75, 3.05) is 31.1 Å². The van der Waals surface area contributed by atoms with Crippen molar-refractivity contribution in [3.05, 3.63) is 0 Å². The molecule has 2 atom stereocenters. The molecule has 2 aliphatic heterocycles. The van der Waals surface area contributed by atoms with Crippen LogP contribution in [-0.4, -0.2) is 70.0 Å². The second kappa shape index (κ2) is 6.61. The molecular formula is C13H22N2O3S. The number of carboxylic acids is 1. The number of hydrogen-bond acceptors (Lipinski definition) is 4. The van der Waals surface area contributed by atoms with Crippen molar-refractivity contribution in [2.45, 2.75) is 38.3 Å². The Bertz CT molecular complexity index is 345. The molecule has 2 aliphatic rings. The zero-order chi connectivity index (χ0) is 13.8. The molecule has 19 heavy (non-hydrogen) atoms. The van der Waals surface area contributed by atoms with Crippen LogP contribution in [0.4, 0.5) is 0 Å². The number of carbonyl (C=O) groups is 2. The second-order valence-electron chi connectivity index (χ2n) is 5.27. The number of carbonyl (C=O) groups excluding carboxylic acids is 1. The van der Waals surface area contributed by atoms with Crippen LogP contribution in [-0.2, 0) is 9.59 Å². The largest absolute Gasteiger partial charge is 0.481 e. The van der Waals surface area contributed by atoms with Crippen molar-refractivity contribution in [2.24, 2.45) is 0 Å². The molecule has 5 nitrogen and oxygen atoms in total. The number of carboxylic acid groups (broad SMARTS) is 1. The SMILES string of the molecule is CC(C(=O)N1CCCC1)N1CCSCC1CC(=O)O. The van der Waals surface area contributed by atoms with Crippen LogP contribution in [0, 0.1) is 0 Å². The molecule has 0 spiro atoms. The van der Waals surface area contributed by atoms with Gasteiger partial charge in [-0.25, -0.2) is 0 Å². The van der Waals surface area contributed by atoms with Crippen LogP contribution in [0.25, 0.3) is 0 Å². The van der Waals surface area contributed by atoms with E-state index in [2.05, 4.69) is 4.90 Å². The Hall–Kier alpha value is -0.750. The average Bonchev–Trinajstić information content (AvgIpc) is 2.91. The highest BCUT2D eigenvalue weighted by Crippen LogP contribution is 2.23. The third-order valence-electron chi connectivity index (χ3n) is 3.96. The van der Waals surface area contributed by atoms with Gasteiger partial charge in [-0.15, -0.1) is 0 Å². The van der Waals surface area contributed by atoms with Crippen LogP contribution < -0.4 is 0 Å². The molecule has 1 N–H and O–H groups in total. The first-order valence-corrected chi connectivity index (χ1v) is 8.09. The minimum absolute atomic E-state index is 0.0159. The number of rotatable bonds is 4. The number of thioether (sulfide) groups is 1. The molecule has 2 rings (SSSR count). The molecule has 0 aromatic heterocycles. The molecule has 0 aliphatic carbocycles. The van der Waals surface area contributed by atoms with E-state index in [9.17, 15) is 9.59 Å². The smallest absolute Gasteiger partial charge is 0.304 e. The summed E-state index contributed by atoms with van der Waals surface area (Å²) in [7, 11) is 0. The summed E-state index contributed by atoms with van der Waals surface area (Å²) in [5.41, 5.74) is 0. The Labute approximate surface area is 118 Å². The van der Waals surface area contributed by atoms with E-state index in [1.807, 2.05) is 11.8 Å². The maximum Gasteiger partial charge on any atom is 0.304 e. The Morgan fingerprint density at radius 1 is 1.32 bits per heavy atom. The van der Waals surface area contributed by atoms with Crippen LogP contribution in [0.2, 0.25) is 0 Å². The summed E-state index contributed by atoms with van der Waals surface area (Å²) in [5.74, 6) is 1.18. The Kier molecular flexibility index (Phi) is 5.10. The van der Waals surface area contributed by atoms with E-state index in [-0.39, 0.29) is 24.4 Å². The Morgan fingerprint density at radius 3 is 2.63 bits per heavy atom. The van der Waals surface area contributed by atoms with Crippen molar-refractivity contribution in [3.8, 4) is 0 Å². The molecule has 1 amide bonds. The summed E-state index contributed by atoms with van der Waals surface area (Å²) >= 11 is 1.78. The molecule has 2 fully saturated rings. The van der Waals surface area contributed by atoms with E-state index in [1.54, 1.807) is 11.8 Å². The number of hydrogen-bond donors (Lipinski definition) is 1. The van der Waals surface area contributed by atoms with E-state index in [1.165, 1.54) is 0 Å². The van der Waals surface area contributed by atoms with Gasteiger partial charge in [0.15, 0.2) is 0 Å². The lowest BCUT2D eigenvalue weighted by molar-refractivity contribution is -0.141. The van der Waals surface area contributed by atoms with Gasteiger partial charge in [0, 0.05) is 37.2 Å². The molecule has 108 valence electrons. The molecule has 2 heterocycles. The van der Waals surface area contributed by atoms with Gasteiger partial charge >= 0.3 is 5.97 Å². The minimum Gasteiger partial charge on any atom is -0.481 e. The van der Waals surface area contributed by atoms with Gasteiger partial charge in [0.1, 0.15) is 0 Å². The van der Waals surface area contributed by atoms with Crippen LogP contribution in [0.1, 0.15) is 26.2 Å². The molecule has 0 aromatic rings. The highest BCUT2D eigenvalue weighted by atomic mass is 32.2. The first-order valence-electron chi connectivity index (χ1n) is 6.93. The zero-order valence-electron chi connectivity index (χ0n) is 11.4. The van der Waals surface area contributed by atoms with E-state index >= 15 is 0 Å². The predicted octanol–water partition coefficient (Wildman–Crippen LogP) is 0.889. The zero-order valence-corrected chi connectivity index (χ0v) is 12.2. The van der Waals surface area contributed by atoms with Crippen molar-refractivity contribution in [1.82, 2.24) is 9.80 Å². The fraction of sp³-hybridized carbons (Fsp3) is 0.846. The molecular weight excluding hydrogens is 264 g/mol. The summed E-state index contributed by atoms with van der Waals surface area (Å²) in [5, 5.41) is 8.98. The fourth-order valence-electron chi connectivity index (χ4n) is 2.90. The van der Waals surface area contributed by atoms with Gasteiger partial charge in [0.05, 0.1) is 12.5 Å². The molecule has 0 aromatic carbocycles. The maximum absolute atomic E-state index is 12.4. The third kappa shape index (κ3) is 3.63. The van der Waals surface area contributed by atoms with Crippen LogP contribution >= 0.6 is 11.8 Å². The van der Waals surface area contributed by atoms with Crippen LogP contribution in [0.15, 0.2) is 0 Å². The molecule has 2 saturated heterocycles. The van der Waals surface area contributed by atoms with Gasteiger partial charge in [-0.2, -0.15) is 11.8 Å². The summed E-state index contributed by atoms with van der Waals surface area (Å²) in [6.45, 7) is 4.44. The summed E-state index contributed by atoms with van der Waals surface area (Å²) in [6.07, 6.45) is 2.31. The van der Waals surface area contributed by atoms with E-state index in [4.69, 9.17) is 5.11 Å². The van der Waals surface area contributed by atoms with Gasteiger partial charge in [0.2, 0.25) is 5.91 Å². The number of aliphatic carboxylic acids is 1. The molecule has 0 radical (unpaired) electrons. The molecule has 0 saturated carbocycles. The highest BCUT2D eigenvalue weighted by molar-refractivity contribution is 7.99. The fourth-order valence-corrected chi connectivity index (χ4v) is 3.99. The lowest BCUT2D eigenvalue weighted by Crippen LogP contribution is -2.54. The minimum atomic E-state index is -0.779. The van der Waals surface area contributed by atoms with Gasteiger partial charge in [-0.1, -0.05) is 0 Å². The Morgan fingerprint density at radius 2 is 2.00 bits per heavy atom. The third-order valence-corrected chi connectivity index (χ3v) is 5.05. The van der Waals surface area contributed by atoms with E-state index in [0.717, 1.165) is 44.0 Å². The average molecular weight is 286 g/mol. The lowest BCUT2D eigenvalue weighted by Gasteiger charge is -2.39. The predicted molar refractivity (Wildman–Crippen MR) is 75.3 cm³/mol. The number of likely N-dealkylation sites (tertiary alicyclic amines) is 1. The van der Waals surface area contributed by atoms with Gasteiger partial charge < -0.3 is 10.0 Å². The Balaban J connectivity index is 1.99. The normalized spacial score (nSPS) is 26.4.